The minimum atomic E-state index is -0.178. The maximum absolute atomic E-state index is 12.2. The Morgan fingerprint density at radius 2 is 2.14 bits per heavy atom. The molecule has 0 aliphatic heterocycles. The zero-order valence-corrected chi connectivity index (χ0v) is 12.4. The lowest BCUT2D eigenvalue weighted by Gasteiger charge is -2.10. The number of benzene rings is 1. The number of hydrogen-bond donors (Lipinski definition) is 1. The van der Waals surface area contributed by atoms with Crippen LogP contribution < -0.4 is 5.32 Å². The van der Waals surface area contributed by atoms with E-state index in [2.05, 4.69) is 15.3 Å². The maximum Gasteiger partial charge on any atom is 0.251 e. The number of amides is 1. The molecule has 0 fully saturated rings. The van der Waals surface area contributed by atoms with Gasteiger partial charge in [-0.05, 0) is 24.3 Å². The highest BCUT2D eigenvalue weighted by Crippen LogP contribution is 2.13. The summed E-state index contributed by atoms with van der Waals surface area (Å²) in [5, 5.41) is 3.41. The second-order valence-electron chi connectivity index (χ2n) is 4.65. The number of nitrogens with zero attached hydrogens (tertiary/aromatic N) is 3. The van der Waals surface area contributed by atoms with Crippen LogP contribution in [0.1, 0.15) is 15.9 Å². The van der Waals surface area contributed by atoms with Crippen LogP contribution >= 0.6 is 11.6 Å². The molecule has 1 N–H and O–H groups in total. The summed E-state index contributed by atoms with van der Waals surface area (Å²) in [5.41, 5.74) is 1.43. The third-order valence-electron chi connectivity index (χ3n) is 3.14. The second-order valence-corrected chi connectivity index (χ2v) is 5.09. The Balaban J connectivity index is 1.76. The normalized spacial score (nSPS) is 10.4. The van der Waals surface area contributed by atoms with E-state index >= 15 is 0 Å². The van der Waals surface area contributed by atoms with Crippen molar-refractivity contribution in [2.24, 2.45) is 0 Å². The van der Waals surface area contributed by atoms with Crippen LogP contribution in [0.5, 0.6) is 0 Å². The van der Waals surface area contributed by atoms with Crippen molar-refractivity contribution < 1.29 is 4.79 Å². The van der Waals surface area contributed by atoms with Crippen molar-refractivity contribution in [2.75, 3.05) is 0 Å². The molecule has 2 aromatic heterocycles. The fourth-order valence-electron chi connectivity index (χ4n) is 2.09. The van der Waals surface area contributed by atoms with Gasteiger partial charge in [0.05, 0.1) is 0 Å². The van der Waals surface area contributed by atoms with Gasteiger partial charge in [0.15, 0.2) is 0 Å². The molecule has 0 aliphatic rings. The zero-order valence-electron chi connectivity index (χ0n) is 11.6. The number of aromatic nitrogens is 3. The van der Waals surface area contributed by atoms with Crippen molar-refractivity contribution in [3.63, 3.8) is 0 Å². The average molecular weight is 313 g/mol. The van der Waals surface area contributed by atoms with E-state index in [1.807, 2.05) is 18.3 Å². The van der Waals surface area contributed by atoms with Crippen LogP contribution in [0.3, 0.4) is 0 Å². The van der Waals surface area contributed by atoms with E-state index in [-0.39, 0.29) is 5.91 Å². The number of carbonyl (C=O) groups excluding carboxylic acids is 1. The molecule has 0 bridgehead atoms. The van der Waals surface area contributed by atoms with Crippen LogP contribution in [0, 0.1) is 0 Å². The SMILES string of the molecule is O=C(NCc1cccnc1-n1ccnc1)c1cccc(Cl)c1. The lowest BCUT2D eigenvalue weighted by atomic mass is 10.2. The van der Waals surface area contributed by atoms with Gasteiger partial charge in [0.2, 0.25) is 0 Å². The molecule has 0 saturated carbocycles. The van der Waals surface area contributed by atoms with Crippen LogP contribution in [0.2, 0.25) is 5.02 Å². The van der Waals surface area contributed by atoms with Crippen molar-refractivity contribution in [3.05, 3.63) is 77.5 Å². The Morgan fingerprint density at radius 3 is 2.91 bits per heavy atom. The first-order chi connectivity index (χ1) is 10.7. The van der Waals surface area contributed by atoms with Gasteiger partial charge in [0.1, 0.15) is 12.1 Å². The van der Waals surface area contributed by atoms with Gasteiger partial charge in [-0.3, -0.25) is 9.36 Å². The number of pyridine rings is 1. The number of imidazole rings is 1. The summed E-state index contributed by atoms with van der Waals surface area (Å²) in [5.74, 6) is 0.564. The molecule has 1 aromatic carbocycles. The molecule has 2 heterocycles. The average Bonchev–Trinajstić information content (AvgIpc) is 3.07. The number of hydrogen-bond acceptors (Lipinski definition) is 3. The number of carbonyl (C=O) groups is 1. The fourth-order valence-corrected chi connectivity index (χ4v) is 2.28. The van der Waals surface area contributed by atoms with Crippen LogP contribution in [-0.4, -0.2) is 20.4 Å². The van der Waals surface area contributed by atoms with Crippen LogP contribution in [0.15, 0.2) is 61.3 Å². The Bertz CT molecular complexity index is 786. The van der Waals surface area contributed by atoms with Gasteiger partial charge in [-0.2, -0.15) is 0 Å². The Kier molecular flexibility index (Phi) is 4.16. The largest absolute Gasteiger partial charge is 0.348 e. The van der Waals surface area contributed by atoms with E-state index in [0.717, 1.165) is 11.4 Å². The van der Waals surface area contributed by atoms with Gasteiger partial charge >= 0.3 is 0 Å². The summed E-state index contributed by atoms with van der Waals surface area (Å²) in [6.45, 7) is 0.368. The van der Waals surface area contributed by atoms with Gasteiger partial charge < -0.3 is 5.32 Å². The van der Waals surface area contributed by atoms with Crippen molar-refractivity contribution in [3.8, 4) is 5.82 Å². The molecular formula is C16H13ClN4O. The molecule has 0 atom stereocenters. The molecular weight excluding hydrogens is 300 g/mol. The minimum absolute atomic E-state index is 0.178. The summed E-state index contributed by atoms with van der Waals surface area (Å²) in [7, 11) is 0. The minimum Gasteiger partial charge on any atom is -0.348 e. The summed E-state index contributed by atoms with van der Waals surface area (Å²) >= 11 is 5.90. The van der Waals surface area contributed by atoms with E-state index in [1.165, 1.54) is 0 Å². The van der Waals surface area contributed by atoms with E-state index in [1.54, 1.807) is 47.6 Å². The molecule has 0 spiro atoms. The Hall–Kier alpha value is -2.66. The number of nitrogens with one attached hydrogen (secondary N) is 1. The highest BCUT2D eigenvalue weighted by atomic mass is 35.5. The number of halogens is 1. The van der Waals surface area contributed by atoms with Crippen LogP contribution in [0.25, 0.3) is 5.82 Å². The summed E-state index contributed by atoms with van der Waals surface area (Å²) in [4.78, 5) is 20.5. The first-order valence-electron chi connectivity index (χ1n) is 6.70. The first kappa shape index (κ1) is 14.3. The fraction of sp³-hybridized carbons (Fsp3) is 0.0625. The van der Waals surface area contributed by atoms with E-state index in [0.29, 0.717) is 17.1 Å². The number of rotatable bonds is 4. The molecule has 0 unspecified atom stereocenters. The second kappa shape index (κ2) is 6.41. The summed E-state index contributed by atoms with van der Waals surface area (Å²) < 4.78 is 1.81. The Labute approximate surface area is 132 Å². The van der Waals surface area contributed by atoms with Crippen molar-refractivity contribution in [1.29, 1.82) is 0 Å². The summed E-state index contributed by atoms with van der Waals surface area (Å²) in [6.07, 6.45) is 6.87. The van der Waals surface area contributed by atoms with Gasteiger partial charge in [-0.1, -0.05) is 23.7 Å². The third-order valence-corrected chi connectivity index (χ3v) is 3.38. The molecule has 0 saturated heterocycles. The highest BCUT2D eigenvalue weighted by molar-refractivity contribution is 6.30. The molecule has 0 radical (unpaired) electrons. The van der Waals surface area contributed by atoms with Crippen molar-refractivity contribution in [2.45, 2.75) is 6.54 Å². The molecule has 6 heteroatoms. The van der Waals surface area contributed by atoms with Gasteiger partial charge in [0, 0.05) is 41.3 Å². The maximum atomic E-state index is 12.2. The lowest BCUT2D eigenvalue weighted by Crippen LogP contribution is -2.23. The molecule has 3 rings (SSSR count). The van der Waals surface area contributed by atoms with Crippen LogP contribution in [-0.2, 0) is 6.54 Å². The van der Waals surface area contributed by atoms with E-state index in [9.17, 15) is 4.79 Å². The van der Waals surface area contributed by atoms with Gasteiger partial charge in [-0.25, -0.2) is 9.97 Å². The third kappa shape index (κ3) is 3.15. The molecule has 110 valence electrons. The molecule has 22 heavy (non-hydrogen) atoms. The zero-order chi connectivity index (χ0) is 15.4. The predicted octanol–water partition coefficient (Wildman–Crippen LogP) is 2.85. The molecule has 1 amide bonds. The van der Waals surface area contributed by atoms with Crippen molar-refractivity contribution in [1.82, 2.24) is 19.9 Å². The van der Waals surface area contributed by atoms with Crippen LogP contribution in [0.4, 0.5) is 0 Å². The standard InChI is InChI=1S/C16H13ClN4O/c17-14-5-1-3-12(9-14)16(22)20-10-13-4-2-6-19-15(13)21-8-7-18-11-21/h1-9,11H,10H2,(H,20,22). The Morgan fingerprint density at radius 1 is 1.23 bits per heavy atom. The quantitative estimate of drug-likeness (QED) is 0.806. The lowest BCUT2D eigenvalue weighted by molar-refractivity contribution is 0.0951. The van der Waals surface area contributed by atoms with Crippen molar-refractivity contribution >= 4 is 17.5 Å². The molecule has 5 nitrogen and oxygen atoms in total. The first-order valence-corrected chi connectivity index (χ1v) is 7.08. The molecule has 0 aliphatic carbocycles. The summed E-state index contributed by atoms with van der Waals surface area (Å²) in [6, 6.07) is 10.6. The smallest absolute Gasteiger partial charge is 0.251 e. The molecule has 3 aromatic rings. The monoisotopic (exact) mass is 312 g/mol. The van der Waals surface area contributed by atoms with E-state index in [4.69, 9.17) is 11.6 Å². The predicted molar refractivity (Wildman–Crippen MR) is 84.0 cm³/mol. The van der Waals surface area contributed by atoms with Gasteiger partial charge in [0.25, 0.3) is 5.91 Å². The topological polar surface area (TPSA) is 59.8 Å². The van der Waals surface area contributed by atoms with Gasteiger partial charge in [-0.15, -0.1) is 0 Å². The highest BCUT2D eigenvalue weighted by Gasteiger charge is 2.09. The van der Waals surface area contributed by atoms with E-state index < -0.39 is 0 Å².